The number of nitrogens with zero attached hydrogens (tertiary/aromatic N) is 1. The summed E-state index contributed by atoms with van der Waals surface area (Å²) in [5, 5.41) is 0. The largest absolute Gasteiger partial charge is 0.493 e. The van der Waals surface area contributed by atoms with E-state index in [9.17, 15) is 9.59 Å². The summed E-state index contributed by atoms with van der Waals surface area (Å²) in [4.78, 5) is 23.2. The molecule has 0 unspecified atom stereocenters. The number of carbonyl (C=O) groups is 2. The van der Waals surface area contributed by atoms with Gasteiger partial charge in [-0.05, 0) is 24.3 Å². The third kappa shape index (κ3) is 3.73. The molecule has 1 rings (SSSR count). The number of carbonyl (C=O) groups excluding carboxylic acids is 2. The molecule has 4 nitrogen and oxygen atoms in total. The second-order valence-corrected chi connectivity index (χ2v) is 3.57. The van der Waals surface area contributed by atoms with E-state index >= 15 is 0 Å². The van der Waals surface area contributed by atoms with E-state index in [-0.39, 0.29) is 5.91 Å². The SMILES string of the molecule is CN(C)C(=O)CCOc1ccc(C=O)cc1. The van der Waals surface area contributed by atoms with E-state index < -0.39 is 0 Å². The average Bonchev–Trinajstić information content (AvgIpc) is 2.29. The van der Waals surface area contributed by atoms with Crippen molar-refractivity contribution in [2.45, 2.75) is 6.42 Å². The molecule has 1 amide bonds. The molecule has 0 fully saturated rings. The summed E-state index contributed by atoms with van der Waals surface area (Å²) in [5.41, 5.74) is 0.608. The van der Waals surface area contributed by atoms with Gasteiger partial charge in [0.05, 0.1) is 13.0 Å². The fourth-order valence-electron chi connectivity index (χ4n) is 1.12. The van der Waals surface area contributed by atoms with Gasteiger partial charge in [0.25, 0.3) is 0 Å². The van der Waals surface area contributed by atoms with Crippen LogP contribution in [0, 0.1) is 0 Å². The van der Waals surface area contributed by atoms with Gasteiger partial charge in [-0.3, -0.25) is 9.59 Å². The lowest BCUT2D eigenvalue weighted by Crippen LogP contribution is -2.23. The molecule has 0 saturated heterocycles. The molecule has 0 atom stereocenters. The first-order valence-corrected chi connectivity index (χ1v) is 5.01. The Morgan fingerprint density at radius 3 is 2.44 bits per heavy atom. The minimum atomic E-state index is 0.0320. The summed E-state index contributed by atoms with van der Waals surface area (Å²) in [6.07, 6.45) is 1.13. The molecule has 1 aromatic rings. The molecule has 0 aliphatic carbocycles. The van der Waals surface area contributed by atoms with Gasteiger partial charge in [-0.1, -0.05) is 0 Å². The highest BCUT2D eigenvalue weighted by Gasteiger charge is 2.03. The Morgan fingerprint density at radius 1 is 1.31 bits per heavy atom. The van der Waals surface area contributed by atoms with E-state index in [1.54, 1.807) is 38.4 Å². The van der Waals surface area contributed by atoms with E-state index in [4.69, 9.17) is 4.74 Å². The standard InChI is InChI=1S/C12H15NO3/c1-13(2)12(15)7-8-16-11-5-3-10(9-14)4-6-11/h3-6,9H,7-8H2,1-2H3. The lowest BCUT2D eigenvalue weighted by molar-refractivity contribution is -0.129. The molecule has 4 heteroatoms. The van der Waals surface area contributed by atoms with E-state index in [1.807, 2.05) is 0 Å². The Bertz CT molecular complexity index is 357. The number of amides is 1. The Morgan fingerprint density at radius 2 is 1.94 bits per heavy atom. The van der Waals surface area contributed by atoms with Crippen LogP contribution in [0.4, 0.5) is 0 Å². The average molecular weight is 221 g/mol. The van der Waals surface area contributed by atoms with E-state index in [2.05, 4.69) is 0 Å². The summed E-state index contributed by atoms with van der Waals surface area (Å²) in [6, 6.07) is 6.78. The van der Waals surface area contributed by atoms with Crippen LogP contribution in [0.5, 0.6) is 5.75 Å². The number of ether oxygens (including phenoxy) is 1. The van der Waals surface area contributed by atoms with Gasteiger partial charge in [0.15, 0.2) is 0 Å². The van der Waals surface area contributed by atoms with Crippen molar-refractivity contribution in [3.63, 3.8) is 0 Å². The Hall–Kier alpha value is -1.84. The van der Waals surface area contributed by atoms with Crippen molar-refractivity contribution in [3.05, 3.63) is 29.8 Å². The number of rotatable bonds is 5. The molecule has 16 heavy (non-hydrogen) atoms. The third-order valence-corrected chi connectivity index (χ3v) is 2.10. The van der Waals surface area contributed by atoms with Gasteiger partial charge in [0, 0.05) is 19.7 Å². The number of hydrogen-bond donors (Lipinski definition) is 0. The van der Waals surface area contributed by atoms with Crippen LogP contribution >= 0.6 is 0 Å². The fraction of sp³-hybridized carbons (Fsp3) is 0.333. The summed E-state index contributed by atoms with van der Waals surface area (Å²) in [5.74, 6) is 0.696. The molecule has 0 aromatic heterocycles. The van der Waals surface area contributed by atoms with E-state index in [0.29, 0.717) is 24.3 Å². The smallest absolute Gasteiger partial charge is 0.225 e. The van der Waals surface area contributed by atoms with Crippen LogP contribution in [0.3, 0.4) is 0 Å². The maximum absolute atomic E-state index is 11.2. The Labute approximate surface area is 94.8 Å². The van der Waals surface area contributed by atoms with Gasteiger partial charge in [0.2, 0.25) is 5.91 Å². The zero-order valence-electron chi connectivity index (χ0n) is 9.47. The summed E-state index contributed by atoms with van der Waals surface area (Å²) < 4.78 is 5.36. The number of hydrogen-bond acceptors (Lipinski definition) is 3. The van der Waals surface area contributed by atoms with Crippen molar-refractivity contribution in [3.8, 4) is 5.75 Å². The molecule has 0 bridgehead atoms. The van der Waals surface area contributed by atoms with E-state index in [1.165, 1.54) is 4.90 Å². The lowest BCUT2D eigenvalue weighted by atomic mass is 10.2. The molecular formula is C12H15NO3. The molecular weight excluding hydrogens is 206 g/mol. The second kappa shape index (κ2) is 5.90. The number of aldehydes is 1. The molecule has 0 aliphatic rings. The molecule has 0 aliphatic heterocycles. The van der Waals surface area contributed by atoms with Crippen molar-refractivity contribution in [1.82, 2.24) is 4.90 Å². The van der Waals surface area contributed by atoms with Crippen LogP contribution < -0.4 is 4.74 Å². The van der Waals surface area contributed by atoms with Crippen LogP contribution in [0.25, 0.3) is 0 Å². The predicted octanol–water partition coefficient (Wildman–Crippen LogP) is 1.36. The van der Waals surface area contributed by atoms with Crippen LogP contribution in [0.1, 0.15) is 16.8 Å². The fourth-order valence-corrected chi connectivity index (χ4v) is 1.12. The second-order valence-electron chi connectivity index (χ2n) is 3.57. The van der Waals surface area contributed by atoms with E-state index in [0.717, 1.165) is 6.29 Å². The number of benzene rings is 1. The molecule has 0 saturated carbocycles. The van der Waals surface area contributed by atoms with Crippen molar-refractivity contribution in [2.24, 2.45) is 0 Å². The maximum atomic E-state index is 11.2. The molecule has 1 aromatic carbocycles. The predicted molar refractivity (Wildman–Crippen MR) is 60.6 cm³/mol. The van der Waals surface area contributed by atoms with Crippen LogP contribution in [-0.2, 0) is 4.79 Å². The zero-order chi connectivity index (χ0) is 12.0. The highest BCUT2D eigenvalue weighted by Crippen LogP contribution is 2.11. The van der Waals surface area contributed by atoms with Crippen LogP contribution in [-0.4, -0.2) is 37.8 Å². The highest BCUT2D eigenvalue weighted by atomic mass is 16.5. The minimum Gasteiger partial charge on any atom is -0.493 e. The molecule has 86 valence electrons. The van der Waals surface area contributed by atoms with Crippen molar-refractivity contribution in [1.29, 1.82) is 0 Å². The highest BCUT2D eigenvalue weighted by molar-refractivity contribution is 5.75. The molecule has 0 heterocycles. The molecule has 0 N–H and O–H groups in total. The van der Waals surface area contributed by atoms with Crippen LogP contribution in [0.2, 0.25) is 0 Å². The van der Waals surface area contributed by atoms with Gasteiger partial charge >= 0.3 is 0 Å². The summed E-state index contributed by atoms with van der Waals surface area (Å²) >= 11 is 0. The van der Waals surface area contributed by atoms with Gasteiger partial charge in [0.1, 0.15) is 12.0 Å². The van der Waals surface area contributed by atoms with Crippen molar-refractivity contribution in [2.75, 3.05) is 20.7 Å². The molecule has 0 radical (unpaired) electrons. The first kappa shape index (κ1) is 12.2. The maximum Gasteiger partial charge on any atom is 0.225 e. The summed E-state index contributed by atoms with van der Waals surface area (Å²) in [7, 11) is 3.42. The first-order valence-electron chi connectivity index (χ1n) is 5.01. The Kier molecular flexibility index (Phi) is 4.51. The van der Waals surface area contributed by atoms with Gasteiger partial charge in [-0.25, -0.2) is 0 Å². The normalized spacial score (nSPS) is 9.62. The van der Waals surface area contributed by atoms with Crippen LogP contribution in [0.15, 0.2) is 24.3 Å². The topological polar surface area (TPSA) is 46.6 Å². The quantitative estimate of drug-likeness (QED) is 0.705. The minimum absolute atomic E-state index is 0.0320. The Balaban J connectivity index is 2.37. The lowest BCUT2D eigenvalue weighted by Gasteiger charge is -2.10. The van der Waals surface area contributed by atoms with Gasteiger partial charge < -0.3 is 9.64 Å². The summed E-state index contributed by atoms with van der Waals surface area (Å²) in [6.45, 7) is 0.345. The first-order chi connectivity index (χ1) is 7.63. The molecule has 0 spiro atoms. The third-order valence-electron chi connectivity index (χ3n) is 2.10. The van der Waals surface area contributed by atoms with Gasteiger partial charge in [-0.2, -0.15) is 0 Å². The zero-order valence-corrected chi connectivity index (χ0v) is 9.47. The monoisotopic (exact) mass is 221 g/mol. The van der Waals surface area contributed by atoms with Gasteiger partial charge in [-0.15, -0.1) is 0 Å². The van der Waals surface area contributed by atoms with Crippen molar-refractivity contribution >= 4 is 12.2 Å². The van der Waals surface area contributed by atoms with Crippen molar-refractivity contribution < 1.29 is 14.3 Å².